The number of aromatic nitrogens is 2. The molecule has 3 saturated heterocycles. The van der Waals surface area contributed by atoms with E-state index in [0.29, 0.717) is 18.4 Å². The number of carbonyl (C=O) groups is 1. The third kappa shape index (κ3) is 7.52. The largest absolute Gasteiger partial charge is 0.453 e. The number of azide groups is 1. The van der Waals surface area contributed by atoms with E-state index in [0.717, 1.165) is 23.0 Å². The predicted octanol–water partition coefficient (Wildman–Crippen LogP) is 3.43. The molecule has 2 aromatic carbocycles. The number of esters is 1. The summed E-state index contributed by atoms with van der Waals surface area (Å²) in [5.74, 6) is 1.09. The molecule has 4 aliphatic rings. The summed E-state index contributed by atoms with van der Waals surface area (Å²) < 4.78 is 51.6. The van der Waals surface area contributed by atoms with Gasteiger partial charge in [0.2, 0.25) is 0 Å². The number of hydrogen-bond acceptors (Lipinski definition) is 12. The van der Waals surface area contributed by atoms with Gasteiger partial charge >= 0.3 is 11.7 Å². The highest BCUT2D eigenvalue weighted by molar-refractivity contribution is 5.89. The Labute approximate surface area is 304 Å². The summed E-state index contributed by atoms with van der Waals surface area (Å²) in [6.07, 6.45) is 1.52. The summed E-state index contributed by atoms with van der Waals surface area (Å²) in [6.45, 7) is -0.292. The Kier molecular flexibility index (Phi) is 11.1. The van der Waals surface area contributed by atoms with E-state index in [9.17, 15) is 14.4 Å². The van der Waals surface area contributed by atoms with E-state index in [2.05, 4.69) is 15.9 Å². The summed E-state index contributed by atoms with van der Waals surface area (Å²) in [7, 11) is 1.40. The molecule has 1 spiro atoms. The third-order valence-electron chi connectivity index (χ3n) is 9.85. The number of terminal acetylenes is 1. The van der Waals surface area contributed by atoms with Crippen LogP contribution in [0.1, 0.15) is 47.8 Å². The second-order valence-corrected chi connectivity index (χ2v) is 13.1. The molecule has 278 valence electrons. The summed E-state index contributed by atoms with van der Waals surface area (Å²) in [5.41, 5.74) is 9.00. The smallest absolute Gasteiger partial charge is 0.338 e. The highest BCUT2D eigenvalue weighted by Gasteiger charge is 2.62. The lowest BCUT2D eigenvalue weighted by Gasteiger charge is -2.30. The molecular formula is C37H39N5O11. The maximum Gasteiger partial charge on any atom is 0.338 e. The number of ether oxygens (including phenoxy) is 8. The molecule has 53 heavy (non-hydrogen) atoms. The van der Waals surface area contributed by atoms with Crippen LogP contribution in [0.5, 0.6) is 0 Å². The van der Waals surface area contributed by atoms with Gasteiger partial charge in [-0.05, 0) is 36.1 Å². The molecule has 4 fully saturated rings. The van der Waals surface area contributed by atoms with Crippen LogP contribution in [0.15, 0.2) is 87.6 Å². The van der Waals surface area contributed by atoms with Crippen molar-refractivity contribution in [2.24, 2.45) is 5.11 Å². The molecule has 9 atom stereocenters. The molecule has 0 N–H and O–H groups in total. The van der Waals surface area contributed by atoms with Gasteiger partial charge in [-0.3, -0.25) is 9.36 Å². The van der Waals surface area contributed by atoms with Crippen molar-refractivity contribution in [2.75, 3.05) is 13.7 Å². The Balaban J connectivity index is 1.13. The lowest BCUT2D eigenvalue weighted by atomic mass is 10.1. The van der Waals surface area contributed by atoms with Gasteiger partial charge in [-0.15, -0.1) is 6.42 Å². The summed E-state index contributed by atoms with van der Waals surface area (Å²) >= 11 is 0. The third-order valence-corrected chi connectivity index (χ3v) is 9.85. The summed E-state index contributed by atoms with van der Waals surface area (Å²) in [5, 5.41) is 3.63. The van der Waals surface area contributed by atoms with Gasteiger partial charge in [0.15, 0.2) is 24.4 Å². The van der Waals surface area contributed by atoms with Crippen molar-refractivity contribution < 1.29 is 42.7 Å². The average molecular weight is 730 g/mol. The van der Waals surface area contributed by atoms with Crippen molar-refractivity contribution in [3.05, 3.63) is 115 Å². The zero-order valence-corrected chi connectivity index (χ0v) is 28.9. The van der Waals surface area contributed by atoms with Crippen LogP contribution in [-0.2, 0) is 51.2 Å². The highest BCUT2D eigenvalue weighted by atomic mass is 16.8. The fourth-order valence-electron chi connectivity index (χ4n) is 7.32. The van der Waals surface area contributed by atoms with Gasteiger partial charge < -0.3 is 37.9 Å². The summed E-state index contributed by atoms with van der Waals surface area (Å²) in [6, 6.07) is 19.0. The van der Waals surface area contributed by atoms with Gasteiger partial charge in [-0.2, -0.15) is 0 Å². The molecule has 4 heterocycles. The van der Waals surface area contributed by atoms with Crippen molar-refractivity contribution in [2.45, 2.75) is 100 Å². The molecule has 1 saturated carbocycles. The Hall–Kier alpha value is -4.82. The number of hydrogen-bond donors (Lipinski definition) is 0. The van der Waals surface area contributed by atoms with Crippen LogP contribution in [0, 0.1) is 12.3 Å². The van der Waals surface area contributed by atoms with E-state index in [1.807, 2.05) is 30.3 Å². The van der Waals surface area contributed by atoms with Crippen molar-refractivity contribution in [3.8, 4) is 12.3 Å². The number of rotatable bonds is 13. The van der Waals surface area contributed by atoms with Crippen LogP contribution in [0.2, 0.25) is 0 Å². The summed E-state index contributed by atoms with van der Waals surface area (Å²) in [4.78, 5) is 42.6. The van der Waals surface area contributed by atoms with Crippen molar-refractivity contribution >= 4 is 5.97 Å². The van der Waals surface area contributed by atoms with Crippen molar-refractivity contribution in [1.82, 2.24) is 9.13 Å². The molecular weight excluding hydrogens is 690 g/mol. The highest BCUT2D eigenvalue weighted by Crippen LogP contribution is 2.50. The number of nitrogens with zero attached hydrogens (tertiary/aromatic N) is 5. The molecule has 3 aliphatic heterocycles. The SMILES string of the molecule is C#C[C@H](O[C@@H]1O[C@H](CN=[N+]=[N-])[C@@H](OC(=O)c2ccccc2)[C@H]1OC)[C@H]1O[C@@H](n2ccc(=O)n(COCc3ccccc3)c2=O)[C@@H]2OC3(CCCC3)O[C@@H]21. The van der Waals surface area contributed by atoms with Gasteiger partial charge in [-0.25, -0.2) is 14.2 Å². The first-order chi connectivity index (χ1) is 25.8. The van der Waals surface area contributed by atoms with Gasteiger partial charge in [0, 0.05) is 37.1 Å². The van der Waals surface area contributed by atoms with E-state index >= 15 is 0 Å². The van der Waals surface area contributed by atoms with E-state index in [-0.39, 0.29) is 19.9 Å². The van der Waals surface area contributed by atoms with E-state index in [1.54, 1.807) is 30.3 Å². The fraction of sp³-hybridized carbons (Fsp3) is 0.486. The minimum atomic E-state index is -1.20. The zero-order chi connectivity index (χ0) is 37.0. The standard InChI is InChI=1S/C37H39N5O11/c1-3-25(48-35-32(46-2)29(26(49-35)20-39-40-38)51-34(44)24-14-8-5-9-15-24)28-30-31(53-37(52-30)17-10-11-18-37)33(50-28)41-19-16-27(43)42(36(41)45)22-47-21-23-12-6-4-7-13-23/h1,4-9,12-16,19,25-26,28-33,35H,10-11,17-18,20-22H2,2H3/t25-,26+,28+,29+,30+,31+,32+,33+,35+/m0/s1. The van der Waals surface area contributed by atoms with Gasteiger partial charge in [-0.1, -0.05) is 59.6 Å². The van der Waals surface area contributed by atoms with E-state index in [1.165, 1.54) is 23.9 Å². The molecule has 3 aromatic rings. The quantitative estimate of drug-likeness (QED) is 0.0826. The molecule has 0 radical (unpaired) electrons. The van der Waals surface area contributed by atoms with Crippen LogP contribution in [0.4, 0.5) is 0 Å². The molecule has 7 rings (SSSR count). The van der Waals surface area contributed by atoms with Gasteiger partial charge in [0.05, 0.1) is 18.7 Å². The van der Waals surface area contributed by atoms with E-state index in [4.69, 9.17) is 49.8 Å². The van der Waals surface area contributed by atoms with Crippen LogP contribution < -0.4 is 11.2 Å². The Morgan fingerprint density at radius 2 is 1.75 bits per heavy atom. The molecule has 0 amide bonds. The van der Waals surface area contributed by atoms with E-state index < -0.39 is 78.3 Å². The predicted molar refractivity (Wildman–Crippen MR) is 184 cm³/mol. The Bertz CT molecular complexity index is 1950. The molecule has 0 bridgehead atoms. The maximum absolute atomic E-state index is 13.9. The second kappa shape index (κ2) is 16.0. The fourth-order valence-corrected chi connectivity index (χ4v) is 7.32. The molecule has 16 heteroatoms. The molecule has 16 nitrogen and oxygen atoms in total. The number of fused-ring (bicyclic) bond motifs is 1. The van der Waals surface area contributed by atoms with Gasteiger partial charge in [0.1, 0.15) is 43.4 Å². The average Bonchev–Trinajstić information content (AvgIpc) is 3.96. The van der Waals surface area contributed by atoms with Crippen LogP contribution >= 0.6 is 0 Å². The number of benzene rings is 2. The lowest BCUT2D eigenvalue weighted by Crippen LogP contribution is -2.45. The normalized spacial score (nSPS) is 29.0. The first kappa shape index (κ1) is 36.5. The Morgan fingerprint density at radius 3 is 2.45 bits per heavy atom. The van der Waals surface area contributed by atoms with Crippen LogP contribution in [0.3, 0.4) is 0 Å². The minimum absolute atomic E-state index is 0.191. The number of methoxy groups -OCH3 is 1. The minimum Gasteiger partial charge on any atom is -0.453 e. The molecule has 0 unspecified atom stereocenters. The van der Waals surface area contributed by atoms with Crippen molar-refractivity contribution in [1.29, 1.82) is 0 Å². The number of carbonyl (C=O) groups excluding carboxylic acids is 1. The van der Waals surface area contributed by atoms with Crippen LogP contribution in [0.25, 0.3) is 10.4 Å². The maximum atomic E-state index is 13.9. The van der Waals surface area contributed by atoms with Crippen molar-refractivity contribution in [3.63, 3.8) is 0 Å². The Morgan fingerprint density at radius 1 is 1.04 bits per heavy atom. The second-order valence-electron chi connectivity index (χ2n) is 13.1. The monoisotopic (exact) mass is 729 g/mol. The lowest BCUT2D eigenvalue weighted by molar-refractivity contribution is -0.241. The first-order valence-electron chi connectivity index (χ1n) is 17.4. The van der Waals surface area contributed by atoms with Crippen LogP contribution in [-0.4, -0.2) is 83.6 Å². The van der Waals surface area contributed by atoms with Gasteiger partial charge in [0.25, 0.3) is 5.56 Å². The molecule has 1 aliphatic carbocycles. The molecule has 1 aromatic heterocycles. The first-order valence-corrected chi connectivity index (χ1v) is 17.4. The zero-order valence-electron chi connectivity index (χ0n) is 28.9. The topological polar surface area (TPSA) is 184 Å².